The summed E-state index contributed by atoms with van der Waals surface area (Å²) in [7, 11) is 1.50. The van der Waals surface area contributed by atoms with Crippen LogP contribution in [-0.2, 0) is 15.1 Å². The predicted octanol–water partition coefficient (Wildman–Crippen LogP) is 0.905. The maximum atomic E-state index is 12.9. The van der Waals surface area contributed by atoms with Crippen LogP contribution in [0.3, 0.4) is 0 Å². The lowest BCUT2D eigenvalue weighted by Crippen LogP contribution is -2.47. The molecule has 0 spiro atoms. The van der Waals surface area contributed by atoms with Crippen LogP contribution in [0.5, 0.6) is 0 Å². The number of nitrogens with two attached hydrogens (primary N) is 1. The average Bonchev–Trinajstić information content (AvgIpc) is 3.11. The summed E-state index contributed by atoms with van der Waals surface area (Å²) in [4.78, 5) is 11.8. The molecule has 1 amide bonds. The van der Waals surface area contributed by atoms with Gasteiger partial charge in [0.2, 0.25) is 5.91 Å². The fourth-order valence-electron chi connectivity index (χ4n) is 1.96. The summed E-state index contributed by atoms with van der Waals surface area (Å²) in [6, 6.07) is 5.52. The zero-order chi connectivity index (χ0) is 13.2. The Kier molecular flexibility index (Phi) is 3.63. The molecule has 1 fully saturated rings. The fourth-order valence-corrected chi connectivity index (χ4v) is 1.96. The lowest BCUT2D eigenvalue weighted by molar-refractivity contribution is -0.124. The summed E-state index contributed by atoms with van der Waals surface area (Å²) in [6.45, 7) is 0.186. The third-order valence-corrected chi connectivity index (χ3v) is 3.19. The smallest absolute Gasteiger partial charge is 0.239 e. The van der Waals surface area contributed by atoms with Crippen molar-refractivity contribution in [3.63, 3.8) is 0 Å². The predicted molar refractivity (Wildman–Crippen MR) is 65.3 cm³/mol. The summed E-state index contributed by atoms with van der Waals surface area (Å²) in [6.07, 6.45) is 1.70. The molecule has 98 valence electrons. The van der Waals surface area contributed by atoms with E-state index in [-0.39, 0.29) is 23.9 Å². The first-order valence-corrected chi connectivity index (χ1v) is 5.90. The Bertz CT molecular complexity index is 429. The summed E-state index contributed by atoms with van der Waals surface area (Å²) >= 11 is 0. The van der Waals surface area contributed by atoms with Crippen molar-refractivity contribution in [2.24, 2.45) is 5.73 Å². The number of halogens is 1. The van der Waals surface area contributed by atoms with Crippen molar-refractivity contribution in [2.45, 2.75) is 24.4 Å². The van der Waals surface area contributed by atoms with Crippen molar-refractivity contribution in [1.82, 2.24) is 5.32 Å². The molecule has 0 radical (unpaired) electrons. The highest BCUT2D eigenvalue weighted by Gasteiger charge is 2.46. The molecule has 3 N–H and O–H groups in total. The van der Waals surface area contributed by atoms with E-state index in [0.717, 1.165) is 18.4 Å². The molecule has 1 aromatic rings. The van der Waals surface area contributed by atoms with Crippen LogP contribution in [-0.4, -0.2) is 25.7 Å². The summed E-state index contributed by atoms with van der Waals surface area (Å²) in [5, 5.41) is 2.92. The number of benzene rings is 1. The molecule has 0 saturated heterocycles. The highest BCUT2D eigenvalue weighted by Crippen LogP contribution is 2.45. The zero-order valence-corrected chi connectivity index (χ0v) is 10.3. The third-order valence-electron chi connectivity index (χ3n) is 3.19. The Morgan fingerprint density at radius 1 is 1.50 bits per heavy atom. The van der Waals surface area contributed by atoms with Gasteiger partial charge in [-0.3, -0.25) is 4.79 Å². The van der Waals surface area contributed by atoms with Gasteiger partial charge in [-0.15, -0.1) is 0 Å². The number of hydrogen-bond acceptors (Lipinski definition) is 3. The number of nitrogens with one attached hydrogen (secondary N) is 1. The zero-order valence-electron chi connectivity index (χ0n) is 10.3. The molecule has 1 saturated carbocycles. The largest absolute Gasteiger partial charge is 0.383 e. The molecule has 1 atom stereocenters. The number of amides is 1. The Labute approximate surface area is 105 Å². The van der Waals surface area contributed by atoms with Gasteiger partial charge in [-0.25, -0.2) is 4.39 Å². The summed E-state index contributed by atoms with van der Waals surface area (Å²) in [5.74, 6) is -0.518. The molecule has 0 aromatic heterocycles. The van der Waals surface area contributed by atoms with Crippen LogP contribution in [0.1, 0.15) is 18.4 Å². The van der Waals surface area contributed by atoms with E-state index >= 15 is 0 Å². The topological polar surface area (TPSA) is 64.3 Å². The van der Waals surface area contributed by atoms with Gasteiger partial charge in [0, 0.05) is 7.11 Å². The fraction of sp³-hybridized carbons (Fsp3) is 0.462. The van der Waals surface area contributed by atoms with Crippen LogP contribution in [0.4, 0.5) is 4.39 Å². The standard InChI is InChI=1S/C13H17FN2O2/c1-18-8-11(15)12(17)16-13(6-7-13)9-2-4-10(14)5-3-9/h2-5,11H,6-8,15H2,1H3,(H,16,17). The molecule has 4 nitrogen and oxygen atoms in total. The normalized spacial score (nSPS) is 18.2. The van der Waals surface area contributed by atoms with Gasteiger partial charge >= 0.3 is 0 Å². The van der Waals surface area contributed by atoms with Crippen molar-refractivity contribution in [3.8, 4) is 0 Å². The average molecular weight is 252 g/mol. The number of ether oxygens (including phenoxy) is 1. The minimum atomic E-state index is -0.673. The Hall–Kier alpha value is -1.46. The van der Waals surface area contributed by atoms with Crippen molar-refractivity contribution in [3.05, 3.63) is 35.6 Å². The van der Waals surface area contributed by atoms with Gasteiger partial charge in [-0.2, -0.15) is 0 Å². The maximum Gasteiger partial charge on any atom is 0.239 e. The molecule has 0 aliphatic heterocycles. The van der Waals surface area contributed by atoms with Crippen LogP contribution < -0.4 is 11.1 Å². The van der Waals surface area contributed by atoms with Crippen LogP contribution in [0.15, 0.2) is 24.3 Å². The molecule has 1 aromatic carbocycles. The molecule has 1 aliphatic rings. The van der Waals surface area contributed by atoms with E-state index in [4.69, 9.17) is 10.5 Å². The molecule has 2 rings (SSSR count). The molecule has 18 heavy (non-hydrogen) atoms. The van der Waals surface area contributed by atoms with Crippen LogP contribution >= 0.6 is 0 Å². The Morgan fingerprint density at radius 3 is 2.61 bits per heavy atom. The summed E-state index contributed by atoms with van der Waals surface area (Å²) < 4.78 is 17.7. The highest BCUT2D eigenvalue weighted by atomic mass is 19.1. The first-order chi connectivity index (χ1) is 8.57. The number of rotatable bonds is 5. The maximum absolute atomic E-state index is 12.9. The Morgan fingerprint density at radius 2 is 2.11 bits per heavy atom. The van der Waals surface area contributed by atoms with Gasteiger partial charge in [0.1, 0.15) is 11.9 Å². The third kappa shape index (κ3) is 2.68. The summed E-state index contributed by atoms with van der Waals surface area (Å²) in [5.41, 5.74) is 6.22. The number of carbonyl (C=O) groups excluding carboxylic acids is 1. The molecule has 1 unspecified atom stereocenters. The first kappa shape index (κ1) is 13.0. The number of methoxy groups -OCH3 is 1. The van der Waals surface area contributed by atoms with E-state index in [0.29, 0.717) is 0 Å². The van der Waals surface area contributed by atoms with E-state index in [9.17, 15) is 9.18 Å². The monoisotopic (exact) mass is 252 g/mol. The second-order valence-corrected chi connectivity index (χ2v) is 4.64. The van der Waals surface area contributed by atoms with Crippen molar-refractivity contribution in [1.29, 1.82) is 0 Å². The van der Waals surface area contributed by atoms with Gasteiger partial charge < -0.3 is 15.8 Å². The number of carbonyl (C=O) groups is 1. The van der Waals surface area contributed by atoms with Crippen molar-refractivity contribution < 1.29 is 13.9 Å². The first-order valence-electron chi connectivity index (χ1n) is 5.90. The number of hydrogen-bond donors (Lipinski definition) is 2. The van der Waals surface area contributed by atoms with Crippen molar-refractivity contribution >= 4 is 5.91 Å². The SMILES string of the molecule is COCC(N)C(=O)NC1(c2ccc(F)cc2)CC1. The molecular weight excluding hydrogens is 235 g/mol. The van der Waals surface area contributed by atoms with Crippen LogP contribution in [0.2, 0.25) is 0 Å². The van der Waals surface area contributed by atoms with Gasteiger partial charge in [0.05, 0.1) is 12.1 Å². The second kappa shape index (κ2) is 5.04. The van der Waals surface area contributed by atoms with E-state index in [1.807, 2.05) is 0 Å². The second-order valence-electron chi connectivity index (χ2n) is 4.64. The molecule has 0 heterocycles. The van der Waals surface area contributed by atoms with Gasteiger partial charge in [0.15, 0.2) is 0 Å². The molecule has 1 aliphatic carbocycles. The molecular formula is C13H17FN2O2. The molecule has 5 heteroatoms. The quantitative estimate of drug-likeness (QED) is 0.818. The van der Waals surface area contributed by atoms with Gasteiger partial charge in [0.25, 0.3) is 0 Å². The van der Waals surface area contributed by atoms with E-state index < -0.39 is 6.04 Å². The minimum absolute atomic E-state index is 0.186. The van der Waals surface area contributed by atoms with Crippen molar-refractivity contribution in [2.75, 3.05) is 13.7 Å². The lowest BCUT2D eigenvalue weighted by Gasteiger charge is -2.20. The Balaban J connectivity index is 2.04. The lowest BCUT2D eigenvalue weighted by atomic mass is 10.0. The van der Waals surface area contributed by atoms with E-state index in [1.54, 1.807) is 12.1 Å². The van der Waals surface area contributed by atoms with Gasteiger partial charge in [-0.1, -0.05) is 12.1 Å². The van der Waals surface area contributed by atoms with Crippen LogP contribution in [0, 0.1) is 5.82 Å². The van der Waals surface area contributed by atoms with Crippen LogP contribution in [0.25, 0.3) is 0 Å². The molecule has 0 bridgehead atoms. The van der Waals surface area contributed by atoms with Gasteiger partial charge in [-0.05, 0) is 30.5 Å². The van der Waals surface area contributed by atoms with E-state index in [2.05, 4.69) is 5.32 Å². The highest BCUT2D eigenvalue weighted by molar-refractivity contribution is 5.83. The van der Waals surface area contributed by atoms with E-state index in [1.165, 1.54) is 19.2 Å². The minimum Gasteiger partial charge on any atom is -0.383 e.